The summed E-state index contributed by atoms with van der Waals surface area (Å²) in [6, 6.07) is -0.752. The van der Waals surface area contributed by atoms with Crippen LogP contribution < -0.4 is 11.1 Å². The molecule has 0 bridgehead atoms. The van der Waals surface area contributed by atoms with Crippen molar-refractivity contribution in [3.05, 3.63) is 12.7 Å². The molecular formula is C14H20N6O4S2. The number of hydrogen-bond acceptors (Lipinski definition) is 10. The average molecular weight is 400 g/mol. The number of nitrogen functional groups attached to an aromatic ring is 1. The van der Waals surface area contributed by atoms with Crippen molar-refractivity contribution in [2.24, 2.45) is 0 Å². The number of nitrogens with two attached hydrogens (primary N) is 1. The minimum atomic E-state index is -1.06. The van der Waals surface area contributed by atoms with Crippen molar-refractivity contribution < 1.29 is 20.1 Å². The van der Waals surface area contributed by atoms with Crippen LogP contribution in [0.25, 0.3) is 11.2 Å². The van der Waals surface area contributed by atoms with Gasteiger partial charge in [0.05, 0.1) is 12.4 Å². The van der Waals surface area contributed by atoms with Crippen molar-refractivity contribution in [3.8, 4) is 0 Å². The molecule has 0 saturated carbocycles. The number of anilines is 1. The van der Waals surface area contributed by atoms with E-state index in [1.54, 1.807) is 4.57 Å². The van der Waals surface area contributed by atoms with Gasteiger partial charge in [-0.25, -0.2) is 15.0 Å². The van der Waals surface area contributed by atoms with Crippen LogP contribution in [0.15, 0.2) is 12.7 Å². The summed E-state index contributed by atoms with van der Waals surface area (Å²) in [5.74, 6) is -0.306. The topological polar surface area (TPSA) is 159 Å². The number of aliphatic hydroxyl groups is 2. The summed E-state index contributed by atoms with van der Waals surface area (Å²) in [4.78, 5) is 23.4. The maximum absolute atomic E-state index is 11.2. The molecule has 0 aromatic carbocycles. The number of aliphatic hydroxyl groups excluding tert-OH is 2. The molecule has 3 heterocycles. The lowest BCUT2D eigenvalue weighted by Gasteiger charge is -2.19. The minimum Gasteiger partial charge on any atom is -0.480 e. The number of thiol groups is 1. The number of nitrogens with zero attached hydrogens (tertiary/aromatic N) is 4. The molecule has 1 aliphatic rings. The molecule has 142 valence electrons. The Labute approximate surface area is 158 Å². The molecule has 26 heavy (non-hydrogen) atoms. The average Bonchev–Trinajstić information content (AvgIpc) is 3.15. The van der Waals surface area contributed by atoms with Crippen molar-refractivity contribution in [2.75, 3.05) is 18.0 Å². The molecule has 1 fully saturated rings. The van der Waals surface area contributed by atoms with Gasteiger partial charge in [0.2, 0.25) is 0 Å². The predicted molar refractivity (Wildman–Crippen MR) is 100 cm³/mol. The van der Waals surface area contributed by atoms with E-state index in [9.17, 15) is 20.1 Å². The first-order valence-electron chi connectivity index (χ1n) is 7.95. The molecule has 0 spiro atoms. The van der Waals surface area contributed by atoms with Crippen LogP contribution in [0.2, 0.25) is 0 Å². The minimum absolute atomic E-state index is 0.230. The number of carboxylic acids is 1. The van der Waals surface area contributed by atoms with Crippen LogP contribution in [0.1, 0.15) is 11.8 Å². The highest BCUT2D eigenvalue weighted by Gasteiger charge is 2.44. The van der Waals surface area contributed by atoms with Crippen LogP contribution in [-0.2, 0) is 4.79 Å². The molecule has 0 aliphatic carbocycles. The van der Waals surface area contributed by atoms with E-state index < -0.39 is 34.8 Å². The lowest BCUT2D eigenvalue weighted by atomic mass is 10.1. The predicted octanol–water partition coefficient (Wildman–Crippen LogP) is -0.893. The van der Waals surface area contributed by atoms with Crippen LogP contribution >= 0.6 is 24.4 Å². The third-order valence-corrected chi connectivity index (χ3v) is 6.12. The Hall–Kier alpha value is -1.60. The zero-order chi connectivity index (χ0) is 18.8. The van der Waals surface area contributed by atoms with Crippen molar-refractivity contribution in [1.29, 1.82) is 0 Å². The highest BCUT2D eigenvalue weighted by Crippen LogP contribution is 2.42. The van der Waals surface area contributed by atoms with E-state index in [0.29, 0.717) is 23.3 Å². The van der Waals surface area contributed by atoms with Gasteiger partial charge in [-0.05, 0) is 12.2 Å². The van der Waals surface area contributed by atoms with Crippen molar-refractivity contribution >= 4 is 47.3 Å². The van der Waals surface area contributed by atoms with E-state index in [-0.39, 0.29) is 12.4 Å². The summed E-state index contributed by atoms with van der Waals surface area (Å²) < 4.78 is 1.65. The SMILES string of the molecule is Nc1ncnc2c1ncn2[C@@H]1S[C@H](CN[C@@H](CCS)C(=O)O)[C@@H](O)[C@H]1O. The van der Waals surface area contributed by atoms with Crippen LogP contribution in [0.5, 0.6) is 0 Å². The van der Waals surface area contributed by atoms with E-state index in [0.717, 1.165) is 0 Å². The summed E-state index contributed by atoms with van der Waals surface area (Å²) in [5.41, 5.74) is 6.67. The van der Waals surface area contributed by atoms with E-state index in [2.05, 4.69) is 32.9 Å². The number of hydrogen-bond donors (Lipinski definition) is 6. The number of carboxylic acid groups (broad SMARTS) is 1. The van der Waals surface area contributed by atoms with Gasteiger partial charge in [0.15, 0.2) is 11.5 Å². The van der Waals surface area contributed by atoms with Crippen LogP contribution in [-0.4, -0.2) is 76.6 Å². The molecular weight excluding hydrogens is 380 g/mol. The summed E-state index contributed by atoms with van der Waals surface area (Å²) in [5, 5.41) is 32.0. The van der Waals surface area contributed by atoms with Gasteiger partial charge in [0.25, 0.3) is 0 Å². The monoisotopic (exact) mass is 400 g/mol. The molecule has 5 atom stereocenters. The fourth-order valence-electron chi connectivity index (χ4n) is 2.88. The summed E-state index contributed by atoms with van der Waals surface area (Å²) in [6.45, 7) is 0.230. The summed E-state index contributed by atoms with van der Waals surface area (Å²) >= 11 is 5.38. The van der Waals surface area contributed by atoms with Gasteiger partial charge in [-0.1, -0.05) is 0 Å². The Balaban J connectivity index is 1.75. The van der Waals surface area contributed by atoms with Gasteiger partial charge >= 0.3 is 5.97 Å². The second-order valence-corrected chi connectivity index (χ2v) is 7.75. The molecule has 0 amide bonds. The fraction of sp³-hybridized carbons (Fsp3) is 0.571. The van der Waals surface area contributed by atoms with E-state index in [1.165, 1.54) is 24.4 Å². The molecule has 0 unspecified atom stereocenters. The second-order valence-electron chi connectivity index (χ2n) is 5.94. The molecule has 1 saturated heterocycles. The van der Waals surface area contributed by atoms with Crippen molar-refractivity contribution in [2.45, 2.75) is 35.3 Å². The molecule has 12 heteroatoms. The van der Waals surface area contributed by atoms with E-state index in [4.69, 9.17) is 5.73 Å². The maximum Gasteiger partial charge on any atom is 0.320 e. The maximum atomic E-state index is 11.2. The summed E-state index contributed by atoms with van der Waals surface area (Å²) in [7, 11) is 0. The van der Waals surface area contributed by atoms with E-state index in [1.807, 2.05) is 0 Å². The standard InChI is InChI=1S/C14H20N6O4S2/c15-11-8-12(18-4-17-11)20(5-19-8)13-10(22)9(21)7(26-13)3-16-6(1-2-25)14(23)24/h4-7,9-10,13,16,21-22,25H,1-3H2,(H,23,24)(H2,15,17,18)/t6-,7+,9+,10+,13+/m0/s1. The van der Waals surface area contributed by atoms with Crippen molar-refractivity contribution in [1.82, 2.24) is 24.8 Å². The highest BCUT2D eigenvalue weighted by molar-refractivity contribution is 8.00. The van der Waals surface area contributed by atoms with Crippen LogP contribution in [0, 0.1) is 0 Å². The van der Waals surface area contributed by atoms with Gasteiger partial charge < -0.3 is 26.4 Å². The fourth-order valence-corrected chi connectivity index (χ4v) is 4.62. The summed E-state index contributed by atoms with van der Waals surface area (Å²) in [6.07, 6.45) is 1.08. The van der Waals surface area contributed by atoms with Gasteiger partial charge in [-0.2, -0.15) is 12.6 Å². The van der Waals surface area contributed by atoms with Crippen LogP contribution in [0.4, 0.5) is 5.82 Å². The molecule has 10 nitrogen and oxygen atoms in total. The first-order valence-corrected chi connectivity index (χ1v) is 9.53. The number of imidazole rings is 1. The Kier molecular flexibility index (Phi) is 5.87. The third kappa shape index (κ3) is 3.60. The first-order chi connectivity index (χ1) is 12.4. The number of thioether (sulfide) groups is 1. The number of aromatic nitrogens is 4. The van der Waals surface area contributed by atoms with Gasteiger partial charge in [-0.15, -0.1) is 11.8 Å². The number of rotatable bonds is 7. The normalized spacial score (nSPS) is 27.0. The largest absolute Gasteiger partial charge is 0.480 e. The molecule has 6 N–H and O–H groups in total. The lowest BCUT2D eigenvalue weighted by molar-refractivity contribution is -0.139. The molecule has 0 radical (unpaired) electrons. The molecule has 2 aromatic heterocycles. The zero-order valence-corrected chi connectivity index (χ0v) is 15.3. The third-order valence-electron chi connectivity index (χ3n) is 4.28. The molecule has 3 rings (SSSR count). The Morgan fingerprint density at radius 3 is 2.85 bits per heavy atom. The number of nitrogens with one attached hydrogen (secondary N) is 1. The Morgan fingerprint density at radius 1 is 1.38 bits per heavy atom. The zero-order valence-electron chi connectivity index (χ0n) is 13.6. The van der Waals surface area contributed by atoms with Crippen LogP contribution in [0.3, 0.4) is 0 Å². The quantitative estimate of drug-likeness (QED) is 0.322. The number of carbonyl (C=O) groups is 1. The van der Waals surface area contributed by atoms with E-state index >= 15 is 0 Å². The Bertz CT molecular complexity index is 790. The lowest BCUT2D eigenvalue weighted by Crippen LogP contribution is -2.43. The Morgan fingerprint density at radius 2 is 2.15 bits per heavy atom. The van der Waals surface area contributed by atoms with Gasteiger partial charge in [0, 0.05) is 11.8 Å². The first kappa shape index (κ1) is 19.2. The number of aliphatic carboxylic acids is 1. The highest BCUT2D eigenvalue weighted by atomic mass is 32.2. The smallest absolute Gasteiger partial charge is 0.320 e. The van der Waals surface area contributed by atoms with Gasteiger partial charge in [-0.3, -0.25) is 9.36 Å². The second kappa shape index (κ2) is 7.96. The molecule has 1 aliphatic heterocycles. The van der Waals surface area contributed by atoms with Gasteiger partial charge in [0.1, 0.15) is 29.4 Å². The number of fused-ring (bicyclic) bond motifs is 1. The van der Waals surface area contributed by atoms with Crippen molar-refractivity contribution in [3.63, 3.8) is 0 Å². The molecule has 2 aromatic rings.